The summed E-state index contributed by atoms with van der Waals surface area (Å²) < 4.78 is 16.6. The maximum Gasteiger partial charge on any atom is 0.255 e. The molecular formula is C28H28FN5O3. The summed E-state index contributed by atoms with van der Waals surface area (Å²) in [7, 11) is 0. The minimum atomic E-state index is -0.699. The van der Waals surface area contributed by atoms with Crippen molar-refractivity contribution in [3.8, 4) is 5.69 Å². The molecule has 3 amide bonds. The van der Waals surface area contributed by atoms with E-state index in [1.54, 1.807) is 18.6 Å². The van der Waals surface area contributed by atoms with Gasteiger partial charge in [-0.15, -0.1) is 0 Å². The van der Waals surface area contributed by atoms with E-state index in [4.69, 9.17) is 0 Å². The maximum atomic E-state index is 14.6. The molecule has 1 aromatic heterocycles. The molecule has 0 saturated carbocycles. The molecule has 0 radical (unpaired) electrons. The first-order chi connectivity index (χ1) is 18.0. The van der Waals surface area contributed by atoms with Crippen LogP contribution in [-0.2, 0) is 22.7 Å². The van der Waals surface area contributed by atoms with Crippen LogP contribution < -0.4 is 5.32 Å². The molecular weight excluding hydrogens is 473 g/mol. The van der Waals surface area contributed by atoms with Crippen molar-refractivity contribution in [3.63, 3.8) is 0 Å². The van der Waals surface area contributed by atoms with E-state index in [2.05, 4.69) is 39.5 Å². The van der Waals surface area contributed by atoms with Crippen LogP contribution in [0.4, 0.5) is 4.39 Å². The Balaban J connectivity index is 1.13. The van der Waals surface area contributed by atoms with E-state index in [1.165, 1.54) is 16.5 Å². The first-order valence-corrected chi connectivity index (χ1v) is 12.7. The normalized spacial score (nSPS) is 20.8. The summed E-state index contributed by atoms with van der Waals surface area (Å²) in [4.78, 5) is 45.1. The predicted octanol–water partition coefficient (Wildman–Crippen LogP) is 3.15. The fourth-order valence-electron chi connectivity index (χ4n) is 5.86. The van der Waals surface area contributed by atoms with Crippen LogP contribution in [0.25, 0.3) is 5.69 Å². The molecule has 37 heavy (non-hydrogen) atoms. The van der Waals surface area contributed by atoms with E-state index in [-0.39, 0.29) is 30.7 Å². The Labute approximate surface area is 214 Å². The molecule has 0 bridgehead atoms. The zero-order valence-electron chi connectivity index (χ0n) is 20.4. The van der Waals surface area contributed by atoms with Gasteiger partial charge in [-0.2, -0.15) is 0 Å². The minimum Gasteiger partial charge on any atom is -0.322 e. The lowest BCUT2D eigenvalue weighted by atomic mass is 9.85. The predicted molar refractivity (Wildman–Crippen MR) is 133 cm³/mol. The van der Waals surface area contributed by atoms with Crippen LogP contribution in [0.2, 0.25) is 0 Å². The molecule has 1 N–H and O–H groups in total. The number of benzene rings is 2. The molecule has 6 rings (SSSR count). The summed E-state index contributed by atoms with van der Waals surface area (Å²) in [5.41, 5.74) is 4.35. The van der Waals surface area contributed by atoms with Crippen LogP contribution in [0.3, 0.4) is 0 Å². The Bertz CT molecular complexity index is 1350. The van der Waals surface area contributed by atoms with Crippen LogP contribution in [0.15, 0.2) is 55.1 Å². The molecule has 2 fully saturated rings. The molecule has 4 heterocycles. The third-order valence-corrected chi connectivity index (χ3v) is 7.83. The number of imidazole rings is 1. The van der Waals surface area contributed by atoms with Crippen LogP contribution in [0, 0.1) is 5.82 Å². The number of imide groups is 1. The summed E-state index contributed by atoms with van der Waals surface area (Å²) in [6.45, 7) is 2.88. The Kier molecular flexibility index (Phi) is 6.08. The number of nitrogens with zero attached hydrogens (tertiary/aromatic N) is 4. The second-order valence-electron chi connectivity index (χ2n) is 10.1. The lowest BCUT2D eigenvalue weighted by Gasteiger charge is -2.33. The third kappa shape index (κ3) is 4.55. The van der Waals surface area contributed by atoms with Gasteiger partial charge >= 0.3 is 0 Å². The van der Waals surface area contributed by atoms with E-state index in [1.807, 2.05) is 10.8 Å². The Hall–Kier alpha value is -3.85. The number of halogens is 1. The molecule has 1 unspecified atom stereocenters. The van der Waals surface area contributed by atoms with E-state index in [0.29, 0.717) is 12.0 Å². The number of nitrogens with one attached hydrogen (secondary N) is 1. The van der Waals surface area contributed by atoms with Gasteiger partial charge in [0.2, 0.25) is 11.8 Å². The number of amides is 3. The molecule has 0 spiro atoms. The van der Waals surface area contributed by atoms with Crippen LogP contribution >= 0.6 is 0 Å². The SMILES string of the molecule is O=C1CCC(N2Cc3c(cc(F)cc3C3CCN(Cc4ccc(-n5ccnc5)cc4)CC3)C2=O)C(=O)N1. The van der Waals surface area contributed by atoms with E-state index in [9.17, 15) is 18.8 Å². The van der Waals surface area contributed by atoms with E-state index < -0.39 is 17.8 Å². The van der Waals surface area contributed by atoms with Gasteiger partial charge < -0.3 is 9.47 Å². The monoisotopic (exact) mass is 501 g/mol. The fraction of sp³-hybridized carbons (Fsp3) is 0.357. The molecule has 190 valence electrons. The number of rotatable bonds is 5. The molecule has 2 saturated heterocycles. The van der Waals surface area contributed by atoms with Gasteiger partial charge in [0, 0.05) is 43.2 Å². The Morgan fingerprint density at radius 2 is 1.81 bits per heavy atom. The smallest absolute Gasteiger partial charge is 0.255 e. The van der Waals surface area contributed by atoms with Gasteiger partial charge in [0.05, 0.1) is 6.33 Å². The fourth-order valence-corrected chi connectivity index (χ4v) is 5.86. The number of aromatic nitrogens is 2. The highest BCUT2D eigenvalue weighted by atomic mass is 19.1. The molecule has 3 aliphatic heterocycles. The van der Waals surface area contributed by atoms with Gasteiger partial charge in [-0.25, -0.2) is 9.37 Å². The van der Waals surface area contributed by atoms with Gasteiger partial charge in [0.15, 0.2) is 0 Å². The summed E-state index contributed by atoms with van der Waals surface area (Å²) in [5, 5.41) is 2.32. The standard InChI is InChI=1S/C28H28FN5O3/c29-20-13-22(24-16-34(28(37)23(24)14-20)25-5-6-26(35)31-27(25)36)19-7-10-32(11-8-19)15-18-1-3-21(4-2-18)33-12-9-30-17-33/h1-4,9,12-14,17,19,25H,5-8,10-11,15-16H2,(H,31,35,36). The first-order valence-electron chi connectivity index (χ1n) is 12.7. The molecule has 9 heteroatoms. The first kappa shape index (κ1) is 23.5. The summed E-state index contributed by atoms with van der Waals surface area (Å²) in [5.74, 6) is -1.38. The lowest BCUT2D eigenvalue weighted by Crippen LogP contribution is -2.52. The number of hydrogen-bond donors (Lipinski definition) is 1. The van der Waals surface area contributed by atoms with Crippen molar-refractivity contribution < 1.29 is 18.8 Å². The average molecular weight is 502 g/mol. The number of piperidine rings is 2. The van der Waals surface area contributed by atoms with Crippen molar-refractivity contribution in [2.75, 3.05) is 13.1 Å². The average Bonchev–Trinajstić information content (AvgIpc) is 3.54. The highest BCUT2D eigenvalue weighted by Crippen LogP contribution is 2.38. The van der Waals surface area contributed by atoms with Crippen molar-refractivity contribution >= 4 is 17.7 Å². The van der Waals surface area contributed by atoms with Gasteiger partial charge in [-0.05, 0) is 79.2 Å². The Morgan fingerprint density at radius 1 is 1.03 bits per heavy atom. The second kappa shape index (κ2) is 9.55. The number of carbonyl (C=O) groups excluding carboxylic acids is 3. The topological polar surface area (TPSA) is 87.5 Å². The van der Waals surface area contributed by atoms with Crippen molar-refractivity contribution in [2.24, 2.45) is 0 Å². The van der Waals surface area contributed by atoms with Crippen LogP contribution in [-0.4, -0.2) is 56.2 Å². The summed E-state index contributed by atoms with van der Waals surface area (Å²) in [6, 6.07) is 10.6. The summed E-state index contributed by atoms with van der Waals surface area (Å²) in [6.07, 6.45) is 7.69. The van der Waals surface area contributed by atoms with E-state index in [0.717, 1.165) is 49.3 Å². The highest BCUT2D eigenvalue weighted by Gasteiger charge is 2.41. The number of carbonyl (C=O) groups is 3. The molecule has 0 aliphatic carbocycles. The number of fused-ring (bicyclic) bond motifs is 1. The largest absolute Gasteiger partial charge is 0.322 e. The third-order valence-electron chi connectivity index (χ3n) is 7.83. The zero-order valence-corrected chi connectivity index (χ0v) is 20.4. The van der Waals surface area contributed by atoms with Crippen molar-refractivity contribution in [2.45, 2.75) is 50.7 Å². The summed E-state index contributed by atoms with van der Waals surface area (Å²) >= 11 is 0. The highest BCUT2D eigenvalue weighted by molar-refractivity contribution is 6.05. The molecule has 3 aliphatic rings. The minimum absolute atomic E-state index is 0.152. The maximum absolute atomic E-state index is 14.6. The lowest BCUT2D eigenvalue weighted by molar-refractivity contribution is -0.136. The van der Waals surface area contributed by atoms with Gasteiger partial charge in [-0.3, -0.25) is 24.6 Å². The second-order valence-corrected chi connectivity index (χ2v) is 10.1. The zero-order chi connectivity index (χ0) is 25.5. The van der Waals surface area contributed by atoms with Gasteiger partial charge in [0.1, 0.15) is 11.9 Å². The van der Waals surface area contributed by atoms with E-state index >= 15 is 0 Å². The van der Waals surface area contributed by atoms with Crippen LogP contribution in [0.1, 0.15) is 58.6 Å². The van der Waals surface area contributed by atoms with Crippen molar-refractivity contribution in [1.82, 2.24) is 24.7 Å². The molecule has 3 aromatic rings. The van der Waals surface area contributed by atoms with Crippen molar-refractivity contribution in [3.05, 3.63) is 83.2 Å². The number of hydrogen-bond acceptors (Lipinski definition) is 5. The van der Waals surface area contributed by atoms with Gasteiger partial charge in [0.25, 0.3) is 5.91 Å². The van der Waals surface area contributed by atoms with Gasteiger partial charge in [-0.1, -0.05) is 12.1 Å². The Morgan fingerprint density at radius 3 is 2.51 bits per heavy atom. The molecule has 1 atom stereocenters. The molecule has 2 aromatic carbocycles. The molecule has 8 nitrogen and oxygen atoms in total. The van der Waals surface area contributed by atoms with Crippen molar-refractivity contribution in [1.29, 1.82) is 0 Å². The quantitative estimate of drug-likeness (QED) is 0.543. The van der Waals surface area contributed by atoms with Crippen LogP contribution in [0.5, 0.6) is 0 Å². The number of likely N-dealkylation sites (tertiary alicyclic amines) is 1.